The second-order valence-electron chi connectivity index (χ2n) is 8.26. The van der Waals surface area contributed by atoms with Crippen LogP contribution >= 0.6 is 0 Å². The van der Waals surface area contributed by atoms with Crippen molar-refractivity contribution in [3.63, 3.8) is 0 Å². The number of hydrogen-bond acceptors (Lipinski definition) is 3. The molecule has 0 bridgehead atoms. The predicted octanol–water partition coefficient (Wildman–Crippen LogP) is 5.73. The SMILES string of the molecule is Cc1nn2nc(-c3ccc(-c4ccccc4)cc3)nc2c1=C(c1ccccc1)c1ccccc1. The van der Waals surface area contributed by atoms with Crippen LogP contribution in [0.5, 0.6) is 0 Å². The minimum Gasteiger partial charge on any atom is -0.204 e. The Morgan fingerprint density at radius 2 is 1.06 bits per heavy atom. The molecule has 0 unspecified atom stereocenters. The zero-order valence-electron chi connectivity index (χ0n) is 18.8. The van der Waals surface area contributed by atoms with Crippen LogP contribution in [-0.4, -0.2) is 19.8 Å². The number of benzene rings is 4. The molecule has 4 nitrogen and oxygen atoms in total. The number of aryl methyl sites for hydroxylation is 1. The molecule has 0 aliphatic rings. The van der Waals surface area contributed by atoms with E-state index in [1.807, 2.05) is 25.1 Å². The lowest BCUT2D eigenvalue weighted by Gasteiger charge is -2.08. The molecule has 0 amide bonds. The highest BCUT2D eigenvalue weighted by Crippen LogP contribution is 2.25. The normalized spacial score (nSPS) is 11.1. The zero-order chi connectivity index (χ0) is 22.9. The molecular formula is C30H22N4. The molecule has 0 spiro atoms. The van der Waals surface area contributed by atoms with E-state index in [-0.39, 0.29) is 0 Å². The largest absolute Gasteiger partial charge is 0.204 e. The molecular weight excluding hydrogens is 416 g/mol. The van der Waals surface area contributed by atoms with Crippen LogP contribution in [0.15, 0.2) is 115 Å². The molecule has 0 radical (unpaired) electrons. The van der Waals surface area contributed by atoms with Crippen LogP contribution in [0.3, 0.4) is 0 Å². The molecule has 6 rings (SSSR count). The van der Waals surface area contributed by atoms with Gasteiger partial charge in [0.2, 0.25) is 0 Å². The third-order valence-electron chi connectivity index (χ3n) is 6.05. The second-order valence-corrected chi connectivity index (χ2v) is 8.26. The fourth-order valence-electron chi connectivity index (χ4n) is 4.41. The van der Waals surface area contributed by atoms with Gasteiger partial charge in [0.25, 0.3) is 0 Å². The van der Waals surface area contributed by atoms with E-state index in [4.69, 9.17) is 15.2 Å². The summed E-state index contributed by atoms with van der Waals surface area (Å²) in [4.78, 5) is 4.95. The zero-order valence-corrected chi connectivity index (χ0v) is 18.8. The monoisotopic (exact) mass is 438 g/mol. The van der Waals surface area contributed by atoms with Crippen molar-refractivity contribution in [1.82, 2.24) is 19.8 Å². The van der Waals surface area contributed by atoms with Crippen LogP contribution in [0.1, 0.15) is 16.8 Å². The lowest BCUT2D eigenvalue weighted by atomic mass is 9.95. The number of nitrogens with zero attached hydrogens (tertiary/aromatic N) is 4. The summed E-state index contributed by atoms with van der Waals surface area (Å²) >= 11 is 0. The highest BCUT2D eigenvalue weighted by Gasteiger charge is 2.17. The summed E-state index contributed by atoms with van der Waals surface area (Å²) in [5.41, 5.74) is 8.36. The third kappa shape index (κ3) is 3.55. The Kier molecular flexibility index (Phi) is 4.96. The number of fused-ring (bicyclic) bond motifs is 1. The van der Waals surface area contributed by atoms with Crippen molar-refractivity contribution in [2.45, 2.75) is 6.92 Å². The first-order valence-corrected chi connectivity index (χ1v) is 11.3. The molecule has 34 heavy (non-hydrogen) atoms. The van der Waals surface area contributed by atoms with Gasteiger partial charge >= 0.3 is 0 Å². The van der Waals surface area contributed by atoms with Gasteiger partial charge in [-0.3, -0.25) is 0 Å². The third-order valence-corrected chi connectivity index (χ3v) is 6.05. The van der Waals surface area contributed by atoms with Crippen molar-refractivity contribution >= 4 is 11.2 Å². The summed E-state index contributed by atoms with van der Waals surface area (Å²) in [6, 6.07) is 39.6. The maximum absolute atomic E-state index is 4.95. The van der Waals surface area contributed by atoms with Gasteiger partial charge in [-0.2, -0.15) is 5.10 Å². The molecule has 2 aromatic heterocycles. The Balaban J connectivity index is 1.53. The fraction of sp³-hybridized carbons (Fsp3) is 0.0333. The molecule has 0 fully saturated rings. The summed E-state index contributed by atoms with van der Waals surface area (Å²) in [6.07, 6.45) is 0. The van der Waals surface area contributed by atoms with Gasteiger partial charge in [0.1, 0.15) is 0 Å². The maximum atomic E-state index is 4.95. The summed E-state index contributed by atoms with van der Waals surface area (Å²) in [5.74, 6) is 0.670. The van der Waals surface area contributed by atoms with Crippen molar-refractivity contribution in [3.05, 3.63) is 137 Å². The molecule has 0 saturated carbocycles. The van der Waals surface area contributed by atoms with E-state index in [1.165, 1.54) is 11.1 Å². The van der Waals surface area contributed by atoms with Gasteiger partial charge in [-0.1, -0.05) is 115 Å². The Hall–Kier alpha value is -4.57. The Morgan fingerprint density at radius 3 is 1.65 bits per heavy atom. The van der Waals surface area contributed by atoms with Gasteiger partial charge in [0.15, 0.2) is 11.5 Å². The maximum Gasteiger partial charge on any atom is 0.186 e. The van der Waals surface area contributed by atoms with Crippen LogP contribution in [-0.2, 0) is 0 Å². The van der Waals surface area contributed by atoms with Gasteiger partial charge in [-0.15, -0.1) is 9.73 Å². The molecule has 4 heteroatoms. The molecule has 2 heterocycles. The molecule has 6 aromatic rings. The second kappa shape index (κ2) is 8.41. The van der Waals surface area contributed by atoms with Crippen molar-refractivity contribution in [2.75, 3.05) is 0 Å². The number of hydrogen-bond donors (Lipinski definition) is 0. The first-order valence-electron chi connectivity index (χ1n) is 11.3. The summed E-state index contributed by atoms with van der Waals surface area (Å²) in [7, 11) is 0. The Labute approximate surface area is 197 Å². The fourth-order valence-corrected chi connectivity index (χ4v) is 4.41. The lowest BCUT2D eigenvalue weighted by molar-refractivity contribution is 0.810. The average Bonchev–Trinajstić information content (AvgIpc) is 3.44. The predicted molar refractivity (Wildman–Crippen MR) is 136 cm³/mol. The number of aromatic nitrogens is 4. The van der Waals surface area contributed by atoms with Crippen LogP contribution < -0.4 is 5.22 Å². The van der Waals surface area contributed by atoms with Gasteiger partial charge in [-0.05, 0) is 29.2 Å². The van der Waals surface area contributed by atoms with Gasteiger partial charge in [0, 0.05) is 11.1 Å². The highest BCUT2D eigenvalue weighted by atomic mass is 15.5. The minimum atomic E-state index is 0.670. The quantitative estimate of drug-likeness (QED) is 0.353. The number of rotatable bonds is 4. The van der Waals surface area contributed by atoms with E-state index in [0.717, 1.165) is 38.8 Å². The summed E-state index contributed by atoms with van der Waals surface area (Å²) in [6.45, 7) is 2.02. The van der Waals surface area contributed by atoms with Gasteiger partial charge in [0.05, 0.1) is 10.9 Å². The first kappa shape index (κ1) is 20.1. The molecule has 0 atom stereocenters. The molecule has 4 aromatic carbocycles. The van der Waals surface area contributed by atoms with Crippen molar-refractivity contribution in [3.8, 4) is 22.5 Å². The van der Waals surface area contributed by atoms with Crippen LogP contribution in [0.25, 0.3) is 33.7 Å². The van der Waals surface area contributed by atoms with Crippen LogP contribution in [0.2, 0.25) is 0 Å². The summed E-state index contributed by atoms with van der Waals surface area (Å²) in [5, 5.41) is 10.4. The van der Waals surface area contributed by atoms with E-state index in [9.17, 15) is 0 Å². The Morgan fingerprint density at radius 1 is 0.559 bits per heavy atom. The molecule has 162 valence electrons. The smallest absolute Gasteiger partial charge is 0.186 e. The average molecular weight is 439 g/mol. The van der Waals surface area contributed by atoms with E-state index in [1.54, 1.807) is 4.63 Å². The molecule has 0 aliphatic carbocycles. The van der Waals surface area contributed by atoms with Gasteiger partial charge in [-0.25, -0.2) is 4.98 Å². The lowest BCUT2D eigenvalue weighted by Crippen LogP contribution is -2.11. The van der Waals surface area contributed by atoms with Crippen LogP contribution in [0, 0.1) is 6.92 Å². The van der Waals surface area contributed by atoms with E-state index in [0.29, 0.717) is 5.82 Å². The van der Waals surface area contributed by atoms with E-state index in [2.05, 4.69) is 97.1 Å². The first-order chi connectivity index (χ1) is 16.8. The topological polar surface area (TPSA) is 43.1 Å². The molecule has 0 aliphatic heterocycles. The Bertz CT molecular complexity index is 1580. The van der Waals surface area contributed by atoms with Crippen molar-refractivity contribution in [1.29, 1.82) is 0 Å². The standard InChI is InChI=1S/C30H22N4/c1-21-27(28(24-13-7-3-8-14-24)25-15-9-4-10-16-25)30-31-29(33-34(30)32-21)26-19-17-23(18-20-26)22-11-5-2-6-12-22/h2-20H,1H3. The minimum absolute atomic E-state index is 0.670. The van der Waals surface area contributed by atoms with Crippen LogP contribution in [0.4, 0.5) is 0 Å². The van der Waals surface area contributed by atoms with Crippen molar-refractivity contribution in [2.24, 2.45) is 0 Å². The van der Waals surface area contributed by atoms with E-state index < -0.39 is 0 Å². The molecule has 0 N–H and O–H groups in total. The molecule has 0 saturated heterocycles. The van der Waals surface area contributed by atoms with Crippen molar-refractivity contribution < 1.29 is 0 Å². The highest BCUT2D eigenvalue weighted by molar-refractivity contribution is 5.82. The van der Waals surface area contributed by atoms with Gasteiger partial charge < -0.3 is 0 Å². The van der Waals surface area contributed by atoms with E-state index >= 15 is 0 Å². The summed E-state index contributed by atoms with van der Waals surface area (Å²) < 4.78 is 1.66.